The molecule has 19 heteroatoms. The molecule has 0 aliphatic heterocycles. The number of aromatic amines is 1. The second-order valence-corrected chi connectivity index (χ2v) is 8.84. The summed E-state index contributed by atoms with van der Waals surface area (Å²) in [6, 6.07) is 2.44. The molecule has 0 radical (unpaired) electrons. The van der Waals surface area contributed by atoms with E-state index in [0.717, 1.165) is 16.8 Å². The molecular formula is C25H20F10N6O3. The lowest BCUT2D eigenvalue weighted by Gasteiger charge is -2.11. The second-order valence-electron chi connectivity index (χ2n) is 8.84. The van der Waals surface area contributed by atoms with Crippen LogP contribution >= 0.6 is 0 Å². The van der Waals surface area contributed by atoms with E-state index in [1.54, 1.807) is 5.10 Å². The highest BCUT2D eigenvalue weighted by atomic mass is 19.4. The van der Waals surface area contributed by atoms with Crippen LogP contribution < -0.4 is 16.9 Å². The molecule has 4 aromatic rings. The van der Waals surface area contributed by atoms with Crippen molar-refractivity contribution in [2.75, 3.05) is 12.3 Å². The molecule has 1 aromatic carbocycles. The average Bonchev–Trinajstić information content (AvgIpc) is 2.92. The molecule has 3 heterocycles. The zero-order valence-electron chi connectivity index (χ0n) is 21.9. The van der Waals surface area contributed by atoms with Gasteiger partial charge in [0, 0.05) is 25.1 Å². The number of nitrogens with zero attached hydrogens (tertiary/aromatic N) is 4. The lowest BCUT2D eigenvalue weighted by molar-refractivity contribution is -0.138. The number of rotatable bonds is 8. The molecule has 3 N–H and O–H groups in total. The van der Waals surface area contributed by atoms with E-state index in [-0.39, 0.29) is 18.5 Å². The maximum absolute atomic E-state index is 14.7. The largest absolute Gasteiger partial charge is 0.423 e. The first-order valence-electron chi connectivity index (χ1n) is 12.2. The van der Waals surface area contributed by atoms with Crippen LogP contribution in [0.5, 0.6) is 0 Å². The maximum atomic E-state index is 14.7. The molecule has 0 saturated carbocycles. The molecule has 4 rings (SSSR count). The Morgan fingerprint density at radius 2 is 1.59 bits per heavy atom. The first kappa shape index (κ1) is 33.9. The number of nitrogens with two attached hydrogens (primary N) is 1. The number of ether oxygens (including phenoxy) is 1. The number of H-pyrrole nitrogens is 1. The van der Waals surface area contributed by atoms with E-state index >= 15 is 0 Å². The number of fused-ring (bicyclic) bond motifs is 1. The van der Waals surface area contributed by atoms with Crippen molar-refractivity contribution in [3.63, 3.8) is 0 Å². The monoisotopic (exact) mass is 642 g/mol. The number of pyridine rings is 1. The molecule has 238 valence electrons. The topological polar surface area (TPSA) is 129 Å². The Morgan fingerprint density at radius 3 is 2.14 bits per heavy atom. The number of anilines is 1. The minimum Gasteiger partial charge on any atom is -0.397 e. The molecule has 0 aliphatic carbocycles. The van der Waals surface area contributed by atoms with Crippen LogP contribution in [0.3, 0.4) is 0 Å². The Kier molecular flexibility index (Phi) is 10.7. The van der Waals surface area contributed by atoms with Gasteiger partial charge < -0.3 is 15.0 Å². The predicted molar refractivity (Wildman–Crippen MR) is 134 cm³/mol. The SMILES string of the molecule is Nc1cn[nH]c(=O)c1C(F)(F)F.O=c1c2c(F)c(F)c(-c3ncc(C(F)(F)F)cn3)cc2ccn1CCCCCOC(F)F. The van der Waals surface area contributed by atoms with E-state index in [4.69, 9.17) is 5.73 Å². The van der Waals surface area contributed by atoms with Gasteiger partial charge in [-0.05, 0) is 36.8 Å². The summed E-state index contributed by atoms with van der Waals surface area (Å²) in [5.41, 5.74) is -0.942. The Balaban J connectivity index is 0.000000369. The highest BCUT2D eigenvalue weighted by molar-refractivity contribution is 5.86. The van der Waals surface area contributed by atoms with Gasteiger partial charge in [0.15, 0.2) is 17.5 Å². The second kappa shape index (κ2) is 13.8. The number of unbranched alkanes of at least 4 members (excludes halogenated alkanes) is 2. The summed E-state index contributed by atoms with van der Waals surface area (Å²) in [6.45, 7) is -2.85. The molecule has 0 spiro atoms. The smallest absolute Gasteiger partial charge is 0.397 e. The number of halogens is 10. The number of aromatic nitrogens is 5. The number of alkyl halides is 8. The average molecular weight is 642 g/mol. The van der Waals surface area contributed by atoms with Crippen LogP contribution in [0, 0.1) is 11.6 Å². The fourth-order valence-corrected chi connectivity index (χ4v) is 3.77. The summed E-state index contributed by atoms with van der Waals surface area (Å²) in [4.78, 5) is 30.1. The van der Waals surface area contributed by atoms with Crippen molar-refractivity contribution >= 4 is 16.5 Å². The summed E-state index contributed by atoms with van der Waals surface area (Å²) < 4.78 is 132. The van der Waals surface area contributed by atoms with Crippen molar-refractivity contribution in [2.45, 2.75) is 44.8 Å². The van der Waals surface area contributed by atoms with E-state index < -0.39 is 75.3 Å². The Hall–Kier alpha value is -4.55. The highest BCUT2D eigenvalue weighted by Crippen LogP contribution is 2.31. The molecule has 0 aliphatic rings. The Bertz CT molecular complexity index is 1700. The van der Waals surface area contributed by atoms with Crippen LogP contribution in [0.15, 0.2) is 46.5 Å². The van der Waals surface area contributed by atoms with Crippen LogP contribution in [0.2, 0.25) is 0 Å². The standard InChI is InChI=1S/C20H16F7N3O2.C5H4F3N3O/c21-15-13(17-28-9-12(10-29-17)20(25,26)27)8-11-4-6-30(18(31)14(11)16(15)22)5-2-1-3-7-32-19(23)24;6-5(7,8)3-2(9)1-10-11-4(3)12/h4,6,8-10,19H,1-3,5,7H2;1H,(H3,9,11,12). The van der Waals surface area contributed by atoms with Crippen LogP contribution in [0.25, 0.3) is 22.2 Å². The quantitative estimate of drug-likeness (QED) is 0.191. The van der Waals surface area contributed by atoms with E-state index in [2.05, 4.69) is 19.8 Å². The minimum atomic E-state index is -4.74. The van der Waals surface area contributed by atoms with Crippen molar-refractivity contribution in [1.29, 1.82) is 0 Å². The summed E-state index contributed by atoms with van der Waals surface area (Å²) in [6.07, 6.45) is -5.20. The summed E-state index contributed by atoms with van der Waals surface area (Å²) in [7, 11) is 0. The molecular weight excluding hydrogens is 622 g/mol. The third-order valence-electron chi connectivity index (χ3n) is 5.82. The van der Waals surface area contributed by atoms with Gasteiger partial charge in [-0.25, -0.2) is 23.8 Å². The number of nitrogen functional groups attached to an aromatic ring is 1. The zero-order valence-corrected chi connectivity index (χ0v) is 21.9. The Morgan fingerprint density at radius 1 is 0.932 bits per heavy atom. The lowest BCUT2D eigenvalue weighted by Crippen LogP contribution is -2.24. The van der Waals surface area contributed by atoms with Gasteiger partial charge in [-0.3, -0.25) is 9.59 Å². The highest BCUT2D eigenvalue weighted by Gasteiger charge is 2.36. The van der Waals surface area contributed by atoms with Gasteiger partial charge in [-0.2, -0.15) is 40.2 Å². The fourth-order valence-electron chi connectivity index (χ4n) is 3.77. The van der Waals surface area contributed by atoms with Crippen LogP contribution in [0.4, 0.5) is 49.6 Å². The van der Waals surface area contributed by atoms with Crippen molar-refractivity contribution in [1.82, 2.24) is 24.7 Å². The summed E-state index contributed by atoms with van der Waals surface area (Å²) in [5, 5.41) is 4.23. The van der Waals surface area contributed by atoms with E-state index in [1.807, 2.05) is 0 Å². The molecule has 0 bridgehead atoms. The lowest BCUT2D eigenvalue weighted by atomic mass is 10.1. The first-order valence-corrected chi connectivity index (χ1v) is 12.2. The Labute approximate surface area is 239 Å². The van der Waals surface area contributed by atoms with Crippen LogP contribution in [-0.4, -0.2) is 38.0 Å². The van der Waals surface area contributed by atoms with Gasteiger partial charge in [0.25, 0.3) is 11.1 Å². The number of nitrogens with one attached hydrogen (secondary N) is 1. The number of hydrogen-bond acceptors (Lipinski definition) is 7. The fraction of sp³-hybridized carbons (Fsp3) is 0.320. The third-order valence-corrected chi connectivity index (χ3v) is 5.82. The van der Waals surface area contributed by atoms with Gasteiger partial charge >= 0.3 is 19.0 Å². The van der Waals surface area contributed by atoms with E-state index in [0.29, 0.717) is 31.7 Å². The van der Waals surface area contributed by atoms with Gasteiger partial charge in [0.1, 0.15) is 5.56 Å². The van der Waals surface area contributed by atoms with Gasteiger partial charge in [0.2, 0.25) is 0 Å². The molecule has 0 atom stereocenters. The van der Waals surface area contributed by atoms with Gasteiger partial charge in [-0.15, -0.1) is 0 Å². The molecule has 0 amide bonds. The summed E-state index contributed by atoms with van der Waals surface area (Å²) in [5.74, 6) is -3.39. The van der Waals surface area contributed by atoms with E-state index in [9.17, 15) is 53.5 Å². The molecule has 9 nitrogen and oxygen atoms in total. The van der Waals surface area contributed by atoms with Crippen LogP contribution in [-0.2, 0) is 23.6 Å². The molecule has 0 unspecified atom stereocenters. The molecule has 3 aromatic heterocycles. The van der Waals surface area contributed by atoms with Crippen molar-refractivity contribution in [2.24, 2.45) is 0 Å². The normalized spacial score (nSPS) is 12.0. The van der Waals surface area contributed by atoms with Crippen LogP contribution in [0.1, 0.15) is 30.4 Å². The first-order chi connectivity index (χ1) is 20.5. The number of hydrogen-bond donors (Lipinski definition) is 2. The minimum absolute atomic E-state index is 0.0222. The van der Waals surface area contributed by atoms with Gasteiger partial charge in [0.05, 0.1) is 35.0 Å². The predicted octanol–water partition coefficient (Wildman–Crippen LogP) is 5.54. The molecule has 0 saturated heterocycles. The molecule has 0 fully saturated rings. The third kappa shape index (κ3) is 8.29. The van der Waals surface area contributed by atoms with Crippen molar-refractivity contribution < 1.29 is 48.6 Å². The zero-order chi connectivity index (χ0) is 32.8. The van der Waals surface area contributed by atoms with Crippen molar-refractivity contribution in [3.05, 3.63) is 80.4 Å². The van der Waals surface area contributed by atoms with Gasteiger partial charge in [-0.1, -0.05) is 0 Å². The van der Waals surface area contributed by atoms with E-state index in [1.165, 1.54) is 12.3 Å². The summed E-state index contributed by atoms with van der Waals surface area (Å²) >= 11 is 0. The van der Waals surface area contributed by atoms with Crippen molar-refractivity contribution in [3.8, 4) is 11.4 Å². The maximum Gasteiger partial charge on any atom is 0.423 e. The molecule has 44 heavy (non-hydrogen) atoms. The number of benzene rings is 1. The number of aryl methyl sites for hydroxylation is 1.